The van der Waals surface area contributed by atoms with Gasteiger partial charge in [-0.3, -0.25) is 9.59 Å². The number of carboxylic acids is 1. The zero-order valence-corrected chi connectivity index (χ0v) is 11.0. The summed E-state index contributed by atoms with van der Waals surface area (Å²) in [5.41, 5.74) is 0. The third-order valence-corrected chi connectivity index (χ3v) is 2.42. The number of carbonyl (C=O) groups excluding carboxylic acids is 2. The van der Waals surface area contributed by atoms with Crippen molar-refractivity contribution >= 4 is 17.8 Å². The van der Waals surface area contributed by atoms with Gasteiger partial charge in [-0.05, 0) is 12.8 Å². The standard InChI is InChI=1S/C11H16F3NO5/c1-3-6(4-2)20-9(18)7(5-8(16)17)15-10(19)11(12,13)14/h6-7H,3-5H2,1-2H3,(H,15,19)(H,16,17). The Morgan fingerprint density at radius 3 is 2.05 bits per heavy atom. The van der Waals surface area contributed by atoms with E-state index in [0.717, 1.165) is 0 Å². The molecule has 0 aliphatic heterocycles. The molecule has 116 valence electrons. The Balaban J connectivity index is 4.83. The quantitative estimate of drug-likeness (QED) is 0.690. The molecule has 0 saturated carbocycles. The highest BCUT2D eigenvalue weighted by Crippen LogP contribution is 2.15. The van der Waals surface area contributed by atoms with Crippen LogP contribution in [0, 0.1) is 0 Å². The molecule has 1 atom stereocenters. The maximum atomic E-state index is 12.1. The van der Waals surface area contributed by atoms with Gasteiger partial charge in [-0.1, -0.05) is 13.8 Å². The lowest BCUT2D eigenvalue weighted by atomic mass is 10.2. The van der Waals surface area contributed by atoms with Gasteiger partial charge in [0.1, 0.15) is 12.1 Å². The maximum Gasteiger partial charge on any atom is 0.471 e. The van der Waals surface area contributed by atoms with E-state index in [1.165, 1.54) is 5.32 Å². The van der Waals surface area contributed by atoms with Crippen molar-refractivity contribution < 1.29 is 37.4 Å². The van der Waals surface area contributed by atoms with Gasteiger partial charge in [0.25, 0.3) is 0 Å². The van der Waals surface area contributed by atoms with E-state index in [4.69, 9.17) is 9.84 Å². The minimum atomic E-state index is -5.20. The van der Waals surface area contributed by atoms with Crippen molar-refractivity contribution in [1.82, 2.24) is 5.32 Å². The number of esters is 1. The summed E-state index contributed by atoms with van der Waals surface area (Å²) >= 11 is 0. The van der Waals surface area contributed by atoms with Gasteiger partial charge < -0.3 is 15.2 Å². The fraction of sp³-hybridized carbons (Fsp3) is 0.727. The minimum Gasteiger partial charge on any atom is -0.481 e. The van der Waals surface area contributed by atoms with Crippen molar-refractivity contribution in [3.63, 3.8) is 0 Å². The van der Waals surface area contributed by atoms with Gasteiger partial charge in [-0.25, -0.2) is 4.79 Å². The highest BCUT2D eigenvalue weighted by Gasteiger charge is 2.41. The minimum absolute atomic E-state index is 0.426. The van der Waals surface area contributed by atoms with Crippen LogP contribution in [0.15, 0.2) is 0 Å². The van der Waals surface area contributed by atoms with Crippen molar-refractivity contribution in [2.45, 2.75) is 51.4 Å². The van der Waals surface area contributed by atoms with Crippen LogP contribution in [0.2, 0.25) is 0 Å². The molecule has 0 aliphatic carbocycles. The molecule has 0 spiro atoms. The molecule has 0 fully saturated rings. The average Bonchev–Trinajstić information content (AvgIpc) is 2.32. The predicted octanol–water partition coefficient (Wildman–Crippen LogP) is 1.24. The highest BCUT2D eigenvalue weighted by atomic mass is 19.4. The van der Waals surface area contributed by atoms with Crippen LogP contribution in [0.5, 0.6) is 0 Å². The SMILES string of the molecule is CCC(CC)OC(=O)C(CC(=O)O)NC(=O)C(F)(F)F. The molecule has 6 nitrogen and oxygen atoms in total. The van der Waals surface area contributed by atoms with Crippen molar-refractivity contribution in [3.8, 4) is 0 Å². The second-order valence-corrected chi connectivity index (χ2v) is 4.00. The Hall–Kier alpha value is -1.80. The normalized spacial score (nSPS) is 12.9. The van der Waals surface area contributed by atoms with Crippen LogP contribution in [0.25, 0.3) is 0 Å². The van der Waals surface area contributed by atoms with Gasteiger partial charge in [0, 0.05) is 0 Å². The summed E-state index contributed by atoms with van der Waals surface area (Å²) in [6, 6.07) is -1.87. The summed E-state index contributed by atoms with van der Waals surface area (Å²) in [6.45, 7) is 3.39. The van der Waals surface area contributed by atoms with Crippen LogP contribution in [0.1, 0.15) is 33.1 Å². The zero-order chi connectivity index (χ0) is 15.9. The number of aliphatic carboxylic acids is 1. The Labute approximate surface area is 113 Å². The number of amides is 1. The van der Waals surface area contributed by atoms with Gasteiger partial charge in [-0.15, -0.1) is 0 Å². The summed E-state index contributed by atoms with van der Waals surface area (Å²) in [6.07, 6.45) is -5.88. The molecule has 0 aromatic carbocycles. The molecule has 1 unspecified atom stereocenters. The maximum absolute atomic E-state index is 12.1. The van der Waals surface area contributed by atoms with Crippen LogP contribution in [-0.4, -0.2) is 41.3 Å². The first kappa shape index (κ1) is 18.2. The number of carbonyl (C=O) groups is 3. The summed E-state index contributed by atoms with van der Waals surface area (Å²) in [5.74, 6) is -5.11. The topological polar surface area (TPSA) is 92.7 Å². The van der Waals surface area contributed by atoms with Gasteiger partial charge >= 0.3 is 24.0 Å². The Kier molecular flexibility index (Phi) is 7.01. The summed E-state index contributed by atoms with van der Waals surface area (Å²) in [4.78, 5) is 32.9. The lowest BCUT2D eigenvalue weighted by molar-refractivity contribution is -0.177. The Bertz CT molecular complexity index is 366. The molecule has 0 aliphatic rings. The number of hydrogen-bond donors (Lipinski definition) is 2. The van der Waals surface area contributed by atoms with Crippen LogP contribution in [0.3, 0.4) is 0 Å². The van der Waals surface area contributed by atoms with Crippen LogP contribution >= 0.6 is 0 Å². The first-order valence-electron chi connectivity index (χ1n) is 5.91. The molecule has 0 aromatic rings. The third-order valence-electron chi connectivity index (χ3n) is 2.42. The van der Waals surface area contributed by atoms with E-state index in [0.29, 0.717) is 12.8 Å². The van der Waals surface area contributed by atoms with Gasteiger partial charge in [0.15, 0.2) is 0 Å². The largest absolute Gasteiger partial charge is 0.481 e. The molecular formula is C11H16F3NO5. The Morgan fingerprint density at radius 2 is 1.70 bits per heavy atom. The average molecular weight is 299 g/mol. The molecule has 0 radical (unpaired) electrons. The van der Waals surface area contributed by atoms with Crippen molar-refractivity contribution in [2.75, 3.05) is 0 Å². The van der Waals surface area contributed by atoms with Crippen molar-refractivity contribution in [3.05, 3.63) is 0 Å². The number of carboxylic acid groups (broad SMARTS) is 1. The fourth-order valence-electron chi connectivity index (χ4n) is 1.31. The predicted molar refractivity (Wildman–Crippen MR) is 60.7 cm³/mol. The van der Waals surface area contributed by atoms with Gasteiger partial charge in [0.2, 0.25) is 0 Å². The first-order chi connectivity index (χ1) is 9.11. The first-order valence-corrected chi connectivity index (χ1v) is 5.91. The summed E-state index contributed by atoms with van der Waals surface area (Å²) < 4.78 is 41.1. The van der Waals surface area contributed by atoms with Gasteiger partial charge in [-0.2, -0.15) is 13.2 Å². The Morgan fingerprint density at radius 1 is 1.20 bits per heavy atom. The molecule has 0 aromatic heterocycles. The molecule has 0 saturated heterocycles. The molecule has 1 amide bonds. The van der Waals surface area contributed by atoms with E-state index >= 15 is 0 Å². The third kappa shape index (κ3) is 6.39. The van der Waals surface area contributed by atoms with Crippen molar-refractivity contribution in [1.29, 1.82) is 0 Å². The fourth-order valence-corrected chi connectivity index (χ4v) is 1.31. The van der Waals surface area contributed by atoms with Crippen LogP contribution < -0.4 is 5.32 Å². The number of hydrogen-bond acceptors (Lipinski definition) is 4. The summed E-state index contributed by atoms with van der Waals surface area (Å²) in [7, 11) is 0. The molecule has 0 bridgehead atoms. The van der Waals surface area contributed by atoms with Gasteiger partial charge in [0.05, 0.1) is 6.42 Å². The number of halogens is 3. The van der Waals surface area contributed by atoms with E-state index in [9.17, 15) is 27.6 Å². The van der Waals surface area contributed by atoms with E-state index in [1.807, 2.05) is 0 Å². The smallest absolute Gasteiger partial charge is 0.471 e. The molecule has 9 heteroatoms. The van der Waals surface area contributed by atoms with E-state index in [-0.39, 0.29) is 0 Å². The number of alkyl halides is 3. The number of ether oxygens (including phenoxy) is 1. The monoisotopic (exact) mass is 299 g/mol. The van der Waals surface area contributed by atoms with E-state index in [1.54, 1.807) is 13.8 Å². The lowest BCUT2D eigenvalue weighted by Gasteiger charge is -2.20. The molecule has 0 rings (SSSR count). The van der Waals surface area contributed by atoms with Crippen molar-refractivity contribution in [2.24, 2.45) is 0 Å². The number of rotatable bonds is 7. The second-order valence-electron chi connectivity index (χ2n) is 4.00. The number of nitrogens with one attached hydrogen (secondary N) is 1. The summed E-state index contributed by atoms with van der Waals surface area (Å²) in [5, 5.41) is 9.88. The molecular weight excluding hydrogens is 283 g/mol. The highest BCUT2D eigenvalue weighted by molar-refractivity contribution is 5.89. The lowest BCUT2D eigenvalue weighted by Crippen LogP contribution is -2.49. The van der Waals surface area contributed by atoms with Crippen LogP contribution in [0.4, 0.5) is 13.2 Å². The zero-order valence-electron chi connectivity index (χ0n) is 11.0. The van der Waals surface area contributed by atoms with E-state index < -0.39 is 42.6 Å². The molecule has 20 heavy (non-hydrogen) atoms. The van der Waals surface area contributed by atoms with E-state index in [2.05, 4.69) is 0 Å². The molecule has 2 N–H and O–H groups in total. The van der Waals surface area contributed by atoms with Crippen LogP contribution in [-0.2, 0) is 19.1 Å². The second kappa shape index (κ2) is 7.71. The molecule has 0 heterocycles.